The van der Waals surface area contributed by atoms with Crippen LogP contribution in [0.3, 0.4) is 0 Å². The zero-order valence-corrected chi connectivity index (χ0v) is 3.76. The summed E-state index contributed by atoms with van der Waals surface area (Å²) in [4.78, 5) is 9.57. The number of hydrogen-bond acceptors (Lipinski definition) is 4. The summed E-state index contributed by atoms with van der Waals surface area (Å²) in [5.41, 5.74) is 0. The van der Waals surface area contributed by atoms with Crippen molar-refractivity contribution in [3.05, 3.63) is 4.91 Å². The first-order valence-electron chi connectivity index (χ1n) is 2.11. The van der Waals surface area contributed by atoms with E-state index in [-0.39, 0.29) is 0 Å². The summed E-state index contributed by atoms with van der Waals surface area (Å²) in [6.45, 7) is 1.33. The second kappa shape index (κ2) is 1.99. The summed E-state index contributed by atoms with van der Waals surface area (Å²) in [5.74, 6) is 0. The van der Waals surface area contributed by atoms with Crippen LogP contribution in [-0.4, -0.2) is 19.5 Å². The van der Waals surface area contributed by atoms with E-state index in [2.05, 4.69) is 10.5 Å². The van der Waals surface area contributed by atoms with Gasteiger partial charge in [0.05, 0.1) is 6.61 Å². The number of hydrogen-bond donors (Lipinski definition) is 1. The molecule has 40 valence electrons. The van der Waals surface area contributed by atoms with Crippen LogP contribution < -0.4 is 5.32 Å². The molecular formula is C3H6N2O2. The first kappa shape index (κ1) is 4.67. The first-order chi connectivity index (χ1) is 3.43. The molecule has 0 aromatic rings. The van der Waals surface area contributed by atoms with Crippen LogP contribution in [-0.2, 0) is 4.74 Å². The Hall–Kier alpha value is -0.480. The van der Waals surface area contributed by atoms with E-state index in [1.165, 1.54) is 0 Å². The van der Waals surface area contributed by atoms with E-state index in [1.54, 1.807) is 0 Å². The third-order valence-corrected chi connectivity index (χ3v) is 0.792. The normalized spacial score (nSPS) is 30.6. The van der Waals surface area contributed by atoms with Gasteiger partial charge in [-0.2, -0.15) is 0 Å². The van der Waals surface area contributed by atoms with E-state index >= 15 is 0 Å². The van der Waals surface area contributed by atoms with E-state index in [0.29, 0.717) is 6.61 Å². The van der Waals surface area contributed by atoms with Gasteiger partial charge in [-0.15, -0.1) is 4.91 Å². The maximum Gasteiger partial charge on any atom is 0.245 e. The Morgan fingerprint density at radius 2 is 2.71 bits per heavy atom. The van der Waals surface area contributed by atoms with Crippen LogP contribution in [0.25, 0.3) is 0 Å². The highest BCUT2D eigenvalue weighted by molar-refractivity contribution is 4.57. The van der Waals surface area contributed by atoms with E-state index in [0.717, 1.165) is 6.54 Å². The number of nitroso groups, excluding NO2 is 1. The number of ether oxygens (including phenoxy) is 1. The third-order valence-electron chi connectivity index (χ3n) is 0.792. The van der Waals surface area contributed by atoms with Crippen molar-refractivity contribution in [2.45, 2.75) is 6.35 Å². The van der Waals surface area contributed by atoms with Gasteiger partial charge in [-0.05, 0) is 5.18 Å². The van der Waals surface area contributed by atoms with E-state index in [9.17, 15) is 4.91 Å². The van der Waals surface area contributed by atoms with Gasteiger partial charge in [0, 0.05) is 6.54 Å². The van der Waals surface area contributed by atoms with E-state index in [4.69, 9.17) is 4.74 Å². The molecule has 4 nitrogen and oxygen atoms in total. The fourth-order valence-electron chi connectivity index (χ4n) is 0.480. The molecule has 1 N–H and O–H groups in total. The lowest BCUT2D eigenvalue weighted by molar-refractivity contribution is 0.107. The van der Waals surface area contributed by atoms with Crippen molar-refractivity contribution in [1.29, 1.82) is 0 Å². The summed E-state index contributed by atoms with van der Waals surface area (Å²) in [7, 11) is 0. The molecule has 0 aliphatic carbocycles. The lowest BCUT2D eigenvalue weighted by Gasteiger charge is -1.93. The van der Waals surface area contributed by atoms with Crippen LogP contribution in [0.2, 0.25) is 0 Å². The molecule has 0 saturated carbocycles. The van der Waals surface area contributed by atoms with Crippen LogP contribution in [0.1, 0.15) is 0 Å². The fourth-order valence-corrected chi connectivity index (χ4v) is 0.480. The summed E-state index contributed by atoms with van der Waals surface area (Å²) in [6, 6.07) is 0. The summed E-state index contributed by atoms with van der Waals surface area (Å²) in [5, 5.41) is 5.31. The highest BCUT2D eigenvalue weighted by Gasteiger charge is 2.12. The van der Waals surface area contributed by atoms with Crippen LogP contribution in [0.15, 0.2) is 5.18 Å². The van der Waals surface area contributed by atoms with Crippen molar-refractivity contribution in [2.75, 3.05) is 13.2 Å². The second-order valence-electron chi connectivity index (χ2n) is 1.28. The maximum absolute atomic E-state index is 9.57. The Kier molecular flexibility index (Phi) is 1.33. The van der Waals surface area contributed by atoms with Crippen LogP contribution in [0.5, 0.6) is 0 Å². The van der Waals surface area contributed by atoms with Gasteiger partial charge in [0.15, 0.2) is 0 Å². The fraction of sp³-hybridized carbons (Fsp3) is 1.00. The molecule has 0 aromatic carbocycles. The van der Waals surface area contributed by atoms with Gasteiger partial charge in [0.1, 0.15) is 0 Å². The lowest BCUT2D eigenvalue weighted by Crippen LogP contribution is -2.18. The summed E-state index contributed by atoms with van der Waals surface area (Å²) < 4.78 is 4.71. The maximum atomic E-state index is 9.57. The minimum absolute atomic E-state index is 0.583. The molecule has 0 bridgehead atoms. The zero-order valence-electron chi connectivity index (χ0n) is 3.76. The molecule has 7 heavy (non-hydrogen) atoms. The Bertz CT molecular complexity index is 69.3. The predicted octanol–water partition coefficient (Wildman–Crippen LogP) is -0.344. The zero-order chi connectivity index (χ0) is 5.11. The Morgan fingerprint density at radius 3 is 3.00 bits per heavy atom. The van der Waals surface area contributed by atoms with Crippen molar-refractivity contribution < 1.29 is 4.74 Å². The van der Waals surface area contributed by atoms with Gasteiger partial charge in [0.2, 0.25) is 6.35 Å². The Labute approximate surface area is 40.8 Å². The van der Waals surface area contributed by atoms with Crippen LogP contribution in [0, 0.1) is 4.91 Å². The molecule has 1 heterocycles. The molecule has 0 spiro atoms. The third kappa shape index (κ3) is 0.942. The topological polar surface area (TPSA) is 50.7 Å². The summed E-state index contributed by atoms with van der Waals surface area (Å²) in [6.07, 6.45) is -0.583. The Balaban J connectivity index is 2.26. The van der Waals surface area contributed by atoms with Crippen molar-refractivity contribution in [3.8, 4) is 0 Å². The van der Waals surface area contributed by atoms with Crippen LogP contribution >= 0.6 is 0 Å². The molecule has 1 aliphatic rings. The molecule has 1 unspecified atom stereocenters. The van der Waals surface area contributed by atoms with Gasteiger partial charge in [-0.1, -0.05) is 0 Å². The molecule has 0 radical (unpaired) electrons. The van der Waals surface area contributed by atoms with Gasteiger partial charge in [-0.25, -0.2) is 0 Å². The molecule has 1 rings (SSSR count). The predicted molar refractivity (Wildman–Crippen MR) is 23.5 cm³/mol. The molecule has 0 amide bonds. The highest BCUT2D eigenvalue weighted by atomic mass is 16.5. The molecule has 4 heteroatoms. The SMILES string of the molecule is O=NC1NCCO1. The molecule has 1 aliphatic heterocycles. The minimum Gasteiger partial charge on any atom is -0.340 e. The average Bonchev–Trinajstić information content (AvgIpc) is 2.14. The van der Waals surface area contributed by atoms with Crippen molar-refractivity contribution >= 4 is 0 Å². The number of rotatable bonds is 1. The molecular weight excluding hydrogens is 96.0 g/mol. The number of nitrogens with one attached hydrogen (secondary N) is 1. The van der Waals surface area contributed by atoms with Crippen molar-refractivity contribution in [3.63, 3.8) is 0 Å². The second-order valence-corrected chi connectivity index (χ2v) is 1.28. The van der Waals surface area contributed by atoms with Gasteiger partial charge >= 0.3 is 0 Å². The van der Waals surface area contributed by atoms with Crippen molar-refractivity contribution in [1.82, 2.24) is 5.32 Å². The highest BCUT2D eigenvalue weighted by Crippen LogP contribution is 1.93. The standard InChI is InChI=1S/C3H6N2O2/c6-5-3-4-1-2-7-3/h3-4H,1-2H2. The van der Waals surface area contributed by atoms with Crippen molar-refractivity contribution in [2.24, 2.45) is 5.18 Å². The smallest absolute Gasteiger partial charge is 0.245 e. The van der Waals surface area contributed by atoms with Gasteiger partial charge < -0.3 is 4.74 Å². The monoisotopic (exact) mass is 102 g/mol. The minimum atomic E-state index is -0.583. The Morgan fingerprint density at radius 1 is 1.86 bits per heavy atom. The first-order valence-corrected chi connectivity index (χ1v) is 2.11. The average molecular weight is 102 g/mol. The van der Waals surface area contributed by atoms with E-state index in [1.807, 2.05) is 0 Å². The van der Waals surface area contributed by atoms with E-state index < -0.39 is 6.35 Å². The largest absolute Gasteiger partial charge is 0.340 e. The lowest BCUT2D eigenvalue weighted by atomic mass is 10.7. The molecule has 1 atom stereocenters. The van der Waals surface area contributed by atoms with Crippen LogP contribution in [0.4, 0.5) is 0 Å². The molecule has 1 fully saturated rings. The molecule has 1 saturated heterocycles. The molecule has 0 aromatic heterocycles. The van der Waals surface area contributed by atoms with Gasteiger partial charge in [0.25, 0.3) is 0 Å². The quantitative estimate of drug-likeness (QED) is 0.460. The number of nitrogens with zero attached hydrogens (tertiary/aromatic N) is 1. The van der Waals surface area contributed by atoms with Gasteiger partial charge in [-0.3, -0.25) is 5.32 Å². The summed E-state index contributed by atoms with van der Waals surface area (Å²) >= 11 is 0.